The molecule has 7 heteroatoms. The highest BCUT2D eigenvalue weighted by atomic mass is 32.1. The minimum atomic E-state index is -1.02. The van der Waals surface area contributed by atoms with Gasteiger partial charge in [-0.25, -0.2) is 4.79 Å². The summed E-state index contributed by atoms with van der Waals surface area (Å²) in [6.07, 6.45) is 2.39. The largest absolute Gasteiger partial charge is 0.481 e. The van der Waals surface area contributed by atoms with Crippen LogP contribution in [0, 0.1) is 5.92 Å². The molecule has 0 saturated heterocycles. The van der Waals surface area contributed by atoms with Crippen LogP contribution >= 0.6 is 11.3 Å². The van der Waals surface area contributed by atoms with Crippen molar-refractivity contribution in [3.63, 3.8) is 0 Å². The van der Waals surface area contributed by atoms with Gasteiger partial charge < -0.3 is 15.2 Å². The van der Waals surface area contributed by atoms with E-state index >= 15 is 0 Å². The SMILES string of the molecule is CCOC(=O)c1c(NC(=O)CCC(=O)O)sc2c1CC(C)CC2. The van der Waals surface area contributed by atoms with E-state index in [2.05, 4.69) is 12.2 Å². The Hall–Kier alpha value is -1.89. The fourth-order valence-electron chi connectivity index (χ4n) is 2.67. The van der Waals surface area contributed by atoms with Crippen LogP contribution in [-0.4, -0.2) is 29.6 Å². The molecule has 2 N–H and O–H groups in total. The Balaban J connectivity index is 2.25. The van der Waals surface area contributed by atoms with Crippen LogP contribution in [0.2, 0.25) is 0 Å². The number of carbonyl (C=O) groups excluding carboxylic acids is 2. The number of esters is 1. The summed E-state index contributed by atoms with van der Waals surface area (Å²) in [5.74, 6) is -1.36. The van der Waals surface area contributed by atoms with E-state index in [1.54, 1.807) is 6.92 Å². The summed E-state index contributed by atoms with van der Waals surface area (Å²) in [5, 5.41) is 11.8. The number of rotatable bonds is 6. The van der Waals surface area contributed by atoms with Crippen LogP contribution in [0.1, 0.15) is 53.9 Å². The molecule has 1 unspecified atom stereocenters. The molecule has 1 amide bonds. The van der Waals surface area contributed by atoms with Gasteiger partial charge in [-0.15, -0.1) is 11.3 Å². The maximum absolute atomic E-state index is 12.3. The van der Waals surface area contributed by atoms with E-state index in [1.165, 1.54) is 11.3 Å². The number of amides is 1. The standard InChI is InChI=1S/C16H21NO5S/c1-3-22-16(21)14-10-8-9(2)4-5-11(10)23-15(14)17-12(18)6-7-13(19)20/h9H,3-8H2,1-2H3,(H,17,18)(H,19,20). The lowest BCUT2D eigenvalue weighted by atomic mass is 9.88. The zero-order valence-corrected chi connectivity index (χ0v) is 14.1. The topological polar surface area (TPSA) is 92.7 Å². The number of aliphatic carboxylic acids is 1. The lowest BCUT2D eigenvalue weighted by molar-refractivity contribution is -0.138. The molecule has 6 nitrogen and oxygen atoms in total. The fourth-order valence-corrected chi connectivity index (χ4v) is 3.92. The van der Waals surface area contributed by atoms with Gasteiger partial charge in [-0.2, -0.15) is 0 Å². The zero-order chi connectivity index (χ0) is 17.0. The zero-order valence-electron chi connectivity index (χ0n) is 13.3. The van der Waals surface area contributed by atoms with Crippen LogP contribution in [0.4, 0.5) is 5.00 Å². The smallest absolute Gasteiger partial charge is 0.341 e. The molecule has 23 heavy (non-hydrogen) atoms. The first-order chi connectivity index (χ1) is 10.9. The van der Waals surface area contributed by atoms with Crippen LogP contribution in [0.25, 0.3) is 0 Å². The number of hydrogen-bond acceptors (Lipinski definition) is 5. The highest BCUT2D eigenvalue weighted by molar-refractivity contribution is 7.17. The summed E-state index contributed by atoms with van der Waals surface area (Å²) in [4.78, 5) is 35.9. The molecule has 0 fully saturated rings. The highest BCUT2D eigenvalue weighted by Gasteiger charge is 2.29. The second kappa shape index (κ2) is 7.59. The van der Waals surface area contributed by atoms with E-state index in [0.29, 0.717) is 16.5 Å². The third-order valence-corrected chi connectivity index (χ3v) is 5.01. The van der Waals surface area contributed by atoms with Crippen molar-refractivity contribution in [2.24, 2.45) is 5.92 Å². The van der Waals surface area contributed by atoms with Crippen molar-refractivity contribution in [2.45, 2.75) is 46.0 Å². The molecule has 1 heterocycles. The van der Waals surface area contributed by atoms with Crippen molar-refractivity contribution in [3.8, 4) is 0 Å². The van der Waals surface area contributed by atoms with E-state index < -0.39 is 17.8 Å². The third-order valence-electron chi connectivity index (χ3n) is 3.81. The average Bonchev–Trinajstić information content (AvgIpc) is 2.82. The molecule has 1 atom stereocenters. The Morgan fingerprint density at radius 1 is 1.35 bits per heavy atom. The molecule has 126 valence electrons. The van der Waals surface area contributed by atoms with Gasteiger partial charge in [0.1, 0.15) is 5.00 Å². The number of nitrogens with one attached hydrogen (secondary N) is 1. The van der Waals surface area contributed by atoms with Crippen LogP contribution in [0.3, 0.4) is 0 Å². The van der Waals surface area contributed by atoms with Crippen molar-refractivity contribution in [1.82, 2.24) is 0 Å². The first-order valence-electron chi connectivity index (χ1n) is 7.75. The molecule has 0 aromatic carbocycles. The molecule has 1 aromatic rings. The number of anilines is 1. The van der Waals surface area contributed by atoms with Gasteiger partial charge in [-0.05, 0) is 37.7 Å². The second-order valence-corrected chi connectivity index (χ2v) is 6.82. The molecule has 0 aliphatic heterocycles. The number of aryl methyl sites for hydroxylation is 1. The van der Waals surface area contributed by atoms with E-state index in [1.807, 2.05) is 0 Å². The average molecular weight is 339 g/mol. The van der Waals surface area contributed by atoms with Crippen molar-refractivity contribution < 1.29 is 24.2 Å². The fraction of sp³-hybridized carbons (Fsp3) is 0.562. The van der Waals surface area contributed by atoms with Crippen molar-refractivity contribution in [3.05, 3.63) is 16.0 Å². The summed E-state index contributed by atoms with van der Waals surface area (Å²) in [6.45, 7) is 4.15. The van der Waals surface area contributed by atoms with Gasteiger partial charge in [-0.1, -0.05) is 6.92 Å². The number of hydrogen-bond donors (Lipinski definition) is 2. The Labute approximate surface area is 138 Å². The van der Waals surface area contributed by atoms with E-state index in [0.717, 1.165) is 29.7 Å². The lowest BCUT2D eigenvalue weighted by Crippen LogP contribution is -2.17. The first kappa shape index (κ1) is 17.5. The van der Waals surface area contributed by atoms with Crippen molar-refractivity contribution >= 4 is 34.2 Å². The highest BCUT2D eigenvalue weighted by Crippen LogP contribution is 2.40. The number of carboxylic acids is 1. The van der Waals surface area contributed by atoms with Crippen LogP contribution < -0.4 is 5.32 Å². The van der Waals surface area contributed by atoms with Crippen molar-refractivity contribution in [2.75, 3.05) is 11.9 Å². The van der Waals surface area contributed by atoms with Gasteiger partial charge in [0, 0.05) is 11.3 Å². The van der Waals surface area contributed by atoms with E-state index in [4.69, 9.17) is 9.84 Å². The second-order valence-electron chi connectivity index (χ2n) is 5.72. The molecule has 0 saturated carbocycles. The van der Waals surface area contributed by atoms with Crippen LogP contribution in [0.15, 0.2) is 0 Å². The quantitative estimate of drug-likeness (QED) is 0.778. The normalized spacial score (nSPS) is 16.5. The Morgan fingerprint density at radius 3 is 2.74 bits per heavy atom. The number of carboxylic acid groups (broad SMARTS) is 1. The van der Waals surface area contributed by atoms with Gasteiger partial charge >= 0.3 is 11.9 Å². The minimum absolute atomic E-state index is 0.115. The van der Waals surface area contributed by atoms with Gasteiger partial charge in [0.2, 0.25) is 5.91 Å². The third kappa shape index (κ3) is 4.31. The van der Waals surface area contributed by atoms with Crippen molar-refractivity contribution in [1.29, 1.82) is 0 Å². The summed E-state index contributed by atoms with van der Waals surface area (Å²) in [6, 6.07) is 0. The Morgan fingerprint density at radius 2 is 2.09 bits per heavy atom. The van der Waals surface area contributed by atoms with Crippen LogP contribution in [-0.2, 0) is 27.2 Å². The van der Waals surface area contributed by atoms with E-state index in [-0.39, 0.29) is 19.4 Å². The van der Waals surface area contributed by atoms with Gasteiger partial charge in [0.25, 0.3) is 0 Å². The number of carbonyl (C=O) groups is 3. The summed E-state index contributed by atoms with van der Waals surface area (Å²) >= 11 is 1.40. The summed E-state index contributed by atoms with van der Waals surface area (Å²) in [7, 11) is 0. The van der Waals surface area contributed by atoms with Gasteiger partial charge in [-0.3, -0.25) is 9.59 Å². The number of ether oxygens (including phenoxy) is 1. The molecule has 1 aliphatic rings. The predicted octanol–water partition coefficient (Wildman–Crippen LogP) is 2.85. The maximum Gasteiger partial charge on any atom is 0.341 e. The Kier molecular flexibility index (Phi) is 5.76. The van der Waals surface area contributed by atoms with Gasteiger partial charge in [0.15, 0.2) is 0 Å². The molecule has 2 rings (SSSR count). The molecular formula is C16H21NO5S. The van der Waals surface area contributed by atoms with E-state index in [9.17, 15) is 14.4 Å². The minimum Gasteiger partial charge on any atom is -0.481 e. The monoisotopic (exact) mass is 339 g/mol. The predicted molar refractivity (Wildman–Crippen MR) is 87.0 cm³/mol. The summed E-state index contributed by atoms with van der Waals surface area (Å²) in [5.41, 5.74) is 1.42. The number of thiophene rings is 1. The molecule has 0 spiro atoms. The van der Waals surface area contributed by atoms with Crippen LogP contribution in [0.5, 0.6) is 0 Å². The molecule has 1 aromatic heterocycles. The molecule has 0 bridgehead atoms. The maximum atomic E-state index is 12.3. The molecule has 1 aliphatic carbocycles. The molecular weight excluding hydrogens is 318 g/mol. The number of fused-ring (bicyclic) bond motifs is 1. The molecule has 0 radical (unpaired) electrons. The Bertz CT molecular complexity index is 622. The summed E-state index contributed by atoms with van der Waals surface area (Å²) < 4.78 is 5.13. The lowest BCUT2D eigenvalue weighted by Gasteiger charge is -2.18. The first-order valence-corrected chi connectivity index (χ1v) is 8.57. The van der Waals surface area contributed by atoms with Gasteiger partial charge in [0.05, 0.1) is 18.6 Å².